The molecule has 1 aliphatic carbocycles. The number of carbonyl (C=O) groups is 2. The molecule has 0 aromatic heterocycles. The van der Waals surface area contributed by atoms with Crippen molar-refractivity contribution in [3.05, 3.63) is 35.9 Å². The third-order valence-corrected chi connectivity index (χ3v) is 4.53. The molecule has 1 fully saturated rings. The predicted octanol–water partition coefficient (Wildman–Crippen LogP) is 2.69. The van der Waals surface area contributed by atoms with Crippen LogP contribution in [0, 0.1) is 5.92 Å². The normalized spacial score (nSPS) is 14.8. The molecule has 142 valence electrons. The first-order chi connectivity index (χ1) is 12.6. The summed E-state index contributed by atoms with van der Waals surface area (Å²) in [6, 6.07) is 4.98. The van der Waals surface area contributed by atoms with E-state index in [9.17, 15) is 9.59 Å². The van der Waals surface area contributed by atoms with Gasteiger partial charge in [-0.05, 0) is 43.0 Å². The van der Waals surface area contributed by atoms with Crippen LogP contribution in [0.3, 0.4) is 0 Å². The van der Waals surface area contributed by atoms with Gasteiger partial charge in [-0.15, -0.1) is 0 Å². The minimum absolute atomic E-state index is 0.115. The van der Waals surface area contributed by atoms with Crippen LogP contribution in [-0.4, -0.2) is 39.1 Å². The summed E-state index contributed by atoms with van der Waals surface area (Å²) >= 11 is 0. The van der Waals surface area contributed by atoms with Gasteiger partial charge in [0.1, 0.15) is 0 Å². The molecule has 0 unspecified atom stereocenters. The molecule has 1 aromatic carbocycles. The molecular weight excluding hydrogens is 332 g/mol. The number of hydrogen-bond acceptors (Lipinski definition) is 4. The first-order valence-electron chi connectivity index (χ1n) is 9.10. The van der Waals surface area contributed by atoms with Crippen molar-refractivity contribution in [2.45, 2.75) is 32.1 Å². The van der Waals surface area contributed by atoms with Crippen molar-refractivity contribution in [2.75, 3.05) is 27.3 Å². The minimum atomic E-state index is -0.224. The Kier molecular flexibility index (Phi) is 7.99. The summed E-state index contributed by atoms with van der Waals surface area (Å²) in [5.74, 6) is 1.26. The Hall–Kier alpha value is -2.50. The Balaban J connectivity index is 1.71. The SMILES string of the molecule is COc1ccc(C(=O)NCCNC(=O)/C=C/C2CCCCC2)cc1OC. The molecule has 2 N–H and O–H groups in total. The van der Waals surface area contributed by atoms with E-state index in [1.54, 1.807) is 31.4 Å². The van der Waals surface area contributed by atoms with Crippen molar-refractivity contribution in [2.24, 2.45) is 5.92 Å². The molecule has 0 aliphatic heterocycles. The molecule has 2 amide bonds. The zero-order valence-electron chi connectivity index (χ0n) is 15.5. The van der Waals surface area contributed by atoms with Gasteiger partial charge < -0.3 is 20.1 Å². The number of amides is 2. The lowest BCUT2D eigenvalue weighted by Gasteiger charge is -2.17. The highest BCUT2D eigenvalue weighted by molar-refractivity contribution is 5.95. The molecule has 1 aromatic rings. The lowest BCUT2D eigenvalue weighted by Crippen LogP contribution is -2.34. The molecule has 6 heteroatoms. The van der Waals surface area contributed by atoms with Crippen molar-refractivity contribution < 1.29 is 19.1 Å². The third kappa shape index (κ3) is 6.10. The van der Waals surface area contributed by atoms with E-state index in [4.69, 9.17) is 9.47 Å². The Morgan fingerprint density at radius 3 is 2.42 bits per heavy atom. The second-order valence-corrected chi connectivity index (χ2v) is 6.37. The quantitative estimate of drug-likeness (QED) is 0.552. The Morgan fingerprint density at radius 1 is 1.04 bits per heavy atom. The van der Waals surface area contributed by atoms with Crippen LogP contribution in [0.5, 0.6) is 11.5 Å². The number of hydrogen-bond donors (Lipinski definition) is 2. The van der Waals surface area contributed by atoms with E-state index in [-0.39, 0.29) is 11.8 Å². The van der Waals surface area contributed by atoms with Gasteiger partial charge in [0.05, 0.1) is 14.2 Å². The Morgan fingerprint density at radius 2 is 1.73 bits per heavy atom. The molecule has 0 saturated heterocycles. The highest BCUT2D eigenvalue weighted by Gasteiger charge is 2.11. The minimum Gasteiger partial charge on any atom is -0.493 e. The number of ether oxygens (including phenoxy) is 2. The Labute approximate surface area is 154 Å². The van der Waals surface area contributed by atoms with E-state index in [1.165, 1.54) is 39.2 Å². The highest BCUT2D eigenvalue weighted by Crippen LogP contribution is 2.27. The zero-order valence-corrected chi connectivity index (χ0v) is 15.5. The summed E-state index contributed by atoms with van der Waals surface area (Å²) in [6.07, 6.45) is 9.77. The number of carbonyl (C=O) groups excluding carboxylic acids is 2. The molecule has 6 nitrogen and oxygen atoms in total. The van der Waals surface area contributed by atoms with Crippen LogP contribution in [0.2, 0.25) is 0 Å². The average molecular weight is 360 g/mol. The number of allylic oxidation sites excluding steroid dienone is 1. The van der Waals surface area contributed by atoms with Gasteiger partial charge in [-0.1, -0.05) is 25.3 Å². The van der Waals surface area contributed by atoms with Gasteiger partial charge in [0.2, 0.25) is 5.91 Å². The second-order valence-electron chi connectivity index (χ2n) is 6.37. The molecule has 2 rings (SSSR count). The molecule has 0 spiro atoms. The van der Waals surface area contributed by atoms with Crippen LogP contribution in [0.1, 0.15) is 42.5 Å². The molecule has 0 atom stereocenters. The summed E-state index contributed by atoms with van der Waals surface area (Å²) < 4.78 is 10.3. The first-order valence-corrected chi connectivity index (χ1v) is 9.10. The fourth-order valence-corrected chi connectivity index (χ4v) is 3.05. The number of benzene rings is 1. The van der Waals surface area contributed by atoms with E-state index in [2.05, 4.69) is 10.6 Å². The van der Waals surface area contributed by atoms with Gasteiger partial charge in [0.25, 0.3) is 5.91 Å². The molecule has 0 heterocycles. The summed E-state index contributed by atoms with van der Waals surface area (Å²) in [6.45, 7) is 0.739. The number of nitrogens with one attached hydrogen (secondary N) is 2. The summed E-state index contributed by atoms with van der Waals surface area (Å²) in [5, 5.41) is 5.56. The first kappa shape index (κ1) is 19.8. The maximum Gasteiger partial charge on any atom is 0.251 e. The van der Waals surface area contributed by atoms with Crippen molar-refractivity contribution in [3.8, 4) is 11.5 Å². The predicted molar refractivity (Wildman–Crippen MR) is 101 cm³/mol. The van der Waals surface area contributed by atoms with Crippen molar-refractivity contribution in [3.63, 3.8) is 0 Å². The second kappa shape index (κ2) is 10.5. The van der Waals surface area contributed by atoms with E-state index < -0.39 is 0 Å². The van der Waals surface area contributed by atoms with Crippen molar-refractivity contribution in [1.82, 2.24) is 10.6 Å². The van der Waals surface area contributed by atoms with Gasteiger partial charge in [-0.3, -0.25) is 9.59 Å². The van der Waals surface area contributed by atoms with Crippen LogP contribution in [0.15, 0.2) is 30.4 Å². The van der Waals surface area contributed by atoms with Crippen LogP contribution in [0.4, 0.5) is 0 Å². The zero-order chi connectivity index (χ0) is 18.8. The maximum absolute atomic E-state index is 12.2. The standard InChI is InChI=1S/C20H28N2O4/c1-25-17-10-9-16(14-18(17)26-2)20(24)22-13-12-21-19(23)11-8-15-6-4-3-5-7-15/h8-11,14-15H,3-7,12-13H2,1-2H3,(H,21,23)(H,22,24)/b11-8+. The lowest BCUT2D eigenvalue weighted by atomic mass is 9.89. The average Bonchev–Trinajstić information content (AvgIpc) is 2.69. The van der Waals surface area contributed by atoms with Crippen molar-refractivity contribution in [1.29, 1.82) is 0 Å². The Bertz CT molecular complexity index is 637. The largest absolute Gasteiger partial charge is 0.493 e. The van der Waals surface area contributed by atoms with E-state index in [1.807, 2.05) is 6.08 Å². The topological polar surface area (TPSA) is 76.7 Å². The summed E-state index contributed by atoms with van der Waals surface area (Å²) in [7, 11) is 3.07. The number of rotatable bonds is 8. The third-order valence-electron chi connectivity index (χ3n) is 4.53. The van der Waals surface area contributed by atoms with Gasteiger partial charge in [0.15, 0.2) is 11.5 Å². The summed E-state index contributed by atoms with van der Waals surface area (Å²) in [4.78, 5) is 24.0. The number of methoxy groups -OCH3 is 2. The molecule has 0 radical (unpaired) electrons. The maximum atomic E-state index is 12.2. The smallest absolute Gasteiger partial charge is 0.251 e. The van der Waals surface area contributed by atoms with Crippen LogP contribution in [-0.2, 0) is 4.79 Å². The van der Waals surface area contributed by atoms with Crippen LogP contribution < -0.4 is 20.1 Å². The van der Waals surface area contributed by atoms with Crippen LogP contribution in [0.25, 0.3) is 0 Å². The lowest BCUT2D eigenvalue weighted by molar-refractivity contribution is -0.116. The summed E-state index contributed by atoms with van der Waals surface area (Å²) in [5.41, 5.74) is 0.478. The van der Waals surface area contributed by atoms with Gasteiger partial charge in [0, 0.05) is 18.7 Å². The fourth-order valence-electron chi connectivity index (χ4n) is 3.05. The monoisotopic (exact) mass is 360 g/mol. The van der Waals surface area contributed by atoms with E-state index in [0.717, 1.165) is 0 Å². The van der Waals surface area contributed by atoms with E-state index in [0.29, 0.717) is 36.1 Å². The van der Waals surface area contributed by atoms with Gasteiger partial charge in [-0.2, -0.15) is 0 Å². The molecule has 1 saturated carbocycles. The van der Waals surface area contributed by atoms with Gasteiger partial charge in [-0.25, -0.2) is 0 Å². The van der Waals surface area contributed by atoms with Gasteiger partial charge >= 0.3 is 0 Å². The fraction of sp³-hybridized carbons (Fsp3) is 0.500. The van der Waals surface area contributed by atoms with Crippen molar-refractivity contribution >= 4 is 11.8 Å². The highest BCUT2D eigenvalue weighted by atomic mass is 16.5. The van der Waals surface area contributed by atoms with E-state index >= 15 is 0 Å². The molecule has 26 heavy (non-hydrogen) atoms. The molecule has 0 bridgehead atoms. The van der Waals surface area contributed by atoms with Crippen LogP contribution >= 0.6 is 0 Å². The molecule has 1 aliphatic rings. The molecular formula is C20H28N2O4.